The Balaban J connectivity index is 2.02. The summed E-state index contributed by atoms with van der Waals surface area (Å²) < 4.78 is 13.3. The van der Waals surface area contributed by atoms with Crippen molar-refractivity contribution in [3.63, 3.8) is 0 Å². The monoisotopic (exact) mass is 264 g/mol. The molecule has 0 spiro atoms. The van der Waals surface area contributed by atoms with Crippen LogP contribution in [0.5, 0.6) is 0 Å². The minimum atomic E-state index is -0.384. The molecule has 1 aromatic carbocycles. The van der Waals surface area contributed by atoms with Gasteiger partial charge in [-0.3, -0.25) is 4.98 Å². The second kappa shape index (κ2) is 5.94. The summed E-state index contributed by atoms with van der Waals surface area (Å²) in [6, 6.07) is 8.86. The van der Waals surface area contributed by atoms with E-state index in [1.165, 1.54) is 6.07 Å². The van der Waals surface area contributed by atoms with Gasteiger partial charge in [-0.05, 0) is 30.2 Å². The van der Waals surface area contributed by atoms with Crippen LogP contribution in [0.25, 0.3) is 0 Å². The van der Waals surface area contributed by atoms with Crippen LogP contribution in [0.15, 0.2) is 42.7 Å². The van der Waals surface area contributed by atoms with Crippen LogP contribution >= 0.6 is 11.6 Å². The van der Waals surface area contributed by atoms with Gasteiger partial charge in [0.25, 0.3) is 0 Å². The SMILES string of the molecule is CC(NCc1cccc(F)c1Cl)c1cccnc1. The predicted molar refractivity (Wildman–Crippen MR) is 70.9 cm³/mol. The van der Waals surface area contributed by atoms with Crippen molar-refractivity contribution in [2.75, 3.05) is 0 Å². The number of nitrogens with zero attached hydrogens (tertiary/aromatic N) is 1. The van der Waals surface area contributed by atoms with E-state index in [-0.39, 0.29) is 16.9 Å². The van der Waals surface area contributed by atoms with Gasteiger partial charge in [-0.2, -0.15) is 0 Å². The zero-order valence-corrected chi connectivity index (χ0v) is 10.8. The van der Waals surface area contributed by atoms with Gasteiger partial charge in [0.2, 0.25) is 0 Å². The minimum absolute atomic E-state index is 0.137. The summed E-state index contributed by atoms with van der Waals surface area (Å²) in [7, 11) is 0. The van der Waals surface area contributed by atoms with Gasteiger partial charge in [-0.15, -0.1) is 0 Å². The van der Waals surface area contributed by atoms with Crippen LogP contribution in [0.4, 0.5) is 4.39 Å². The highest BCUT2D eigenvalue weighted by Gasteiger charge is 2.08. The molecule has 0 fully saturated rings. The van der Waals surface area contributed by atoms with E-state index in [4.69, 9.17) is 11.6 Å². The molecule has 1 atom stereocenters. The molecule has 2 nitrogen and oxygen atoms in total. The largest absolute Gasteiger partial charge is 0.306 e. The Bertz CT molecular complexity index is 516. The van der Waals surface area contributed by atoms with Gasteiger partial charge in [-0.25, -0.2) is 4.39 Å². The lowest BCUT2D eigenvalue weighted by Crippen LogP contribution is -2.18. The molecular formula is C14H14ClFN2. The molecule has 1 unspecified atom stereocenters. The summed E-state index contributed by atoms with van der Waals surface area (Å²) in [5.41, 5.74) is 1.84. The van der Waals surface area contributed by atoms with Crippen LogP contribution in [0.1, 0.15) is 24.1 Å². The van der Waals surface area contributed by atoms with E-state index in [0.717, 1.165) is 11.1 Å². The second-order valence-corrected chi connectivity index (χ2v) is 4.48. The molecule has 0 bridgehead atoms. The fourth-order valence-corrected chi connectivity index (χ4v) is 1.89. The maximum Gasteiger partial charge on any atom is 0.142 e. The quantitative estimate of drug-likeness (QED) is 0.910. The van der Waals surface area contributed by atoms with Crippen molar-refractivity contribution in [3.8, 4) is 0 Å². The summed E-state index contributed by atoms with van der Waals surface area (Å²) in [5.74, 6) is -0.384. The second-order valence-electron chi connectivity index (χ2n) is 4.10. The first-order chi connectivity index (χ1) is 8.68. The summed E-state index contributed by atoms with van der Waals surface area (Å²) in [5, 5.41) is 3.48. The average Bonchev–Trinajstić information content (AvgIpc) is 2.41. The molecular weight excluding hydrogens is 251 g/mol. The number of aromatic nitrogens is 1. The lowest BCUT2D eigenvalue weighted by atomic mass is 10.1. The van der Waals surface area contributed by atoms with Crippen LogP contribution in [-0.2, 0) is 6.54 Å². The molecule has 2 rings (SSSR count). The topological polar surface area (TPSA) is 24.9 Å². The van der Waals surface area contributed by atoms with Crippen LogP contribution in [0.3, 0.4) is 0 Å². The van der Waals surface area contributed by atoms with Crippen molar-refractivity contribution >= 4 is 11.6 Å². The van der Waals surface area contributed by atoms with E-state index in [1.807, 2.05) is 31.3 Å². The molecule has 0 aliphatic rings. The van der Waals surface area contributed by atoms with E-state index >= 15 is 0 Å². The standard InChI is InChI=1S/C14H14ClFN2/c1-10(11-5-3-7-17-8-11)18-9-12-4-2-6-13(16)14(12)15/h2-8,10,18H,9H2,1H3. The van der Waals surface area contributed by atoms with Gasteiger partial charge in [0.15, 0.2) is 0 Å². The summed E-state index contributed by atoms with van der Waals surface area (Å²) in [6.45, 7) is 2.55. The van der Waals surface area contributed by atoms with E-state index < -0.39 is 0 Å². The third-order valence-electron chi connectivity index (χ3n) is 2.81. The van der Waals surface area contributed by atoms with Crippen molar-refractivity contribution in [1.29, 1.82) is 0 Å². The van der Waals surface area contributed by atoms with E-state index in [0.29, 0.717) is 6.54 Å². The Morgan fingerprint density at radius 1 is 1.33 bits per heavy atom. The fraction of sp³-hybridized carbons (Fsp3) is 0.214. The third kappa shape index (κ3) is 3.06. The Morgan fingerprint density at radius 3 is 2.89 bits per heavy atom. The molecule has 2 aromatic rings. The zero-order chi connectivity index (χ0) is 13.0. The molecule has 0 aliphatic heterocycles. The number of halogens is 2. The maximum absolute atomic E-state index is 13.3. The van der Waals surface area contributed by atoms with Crippen molar-refractivity contribution in [1.82, 2.24) is 10.3 Å². The molecule has 1 aromatic heterocycles. The number of pyridine rings is 1. The molecule has 18 heavy (non-hydrogen) atoms. The lowest BCUT2D eigenvalue weighted by molar-refractivity contribution is 0.568. The molecule has 0 radical (unpaired) electrons. The number of rotatable bonds is 4. The lowest BCUT2D eigenvalue weighted by Gasteiger charge is -2.14. The first-order valence-corrected chi connectivity index (χ1v) is 6.12. The predicted octanol–water partition coefficient (Wildman–Crippen LogP) is 3.72. The van der Waals surface area contributed by atoms with E-state index in [1.54, 1.807) is 12.3 Å². The molecule has 0 saturated heterocycles. The number of nitrogens with one attached hydrogen (secondary N) is 1. The Labute approximate surface area is 111 Å². The van der Waals surface area contributed by atoms with Crippen LogP contribution in [0, 0.1) is 5.82 Å². The molecule has 94 valence electrons. The van der Waals surface area contributed by atoms with Gasteiger partial charge in [0, 0.05) is 25.0 Å². The van der Waals surface area contributed by atoms with Crippen LogP contribution in [0.2, 0.25) is 5.02 Å². The molecule has 0 amide bonds. The molecule has 0 aliphatic carbocycles. The first kappa shape index (κ1) is 13.0. The Morgan fingerprint density at radius 2 is 2.17 bits per heavy atom. The van der Waals surface area contributed by atoms with E-state index in [2.05, 4.69) is 10.3 Å². The molecule has 1 heterocycles. The minimum Gasteiger partial charge on any atom is -0.306 e. The summed E-state index contributed by atoms with van der Waals surface area (Å²) in [6.07, 6.45) is 3.55. The number of hydrogen-bond donors (Lipinski definition) is 1. The Hall–Kier alpha value is -1.45. The fourth-order valence-electron chi connectivity index (χ4n) is 1.70. The van der Waals surface area contributed by atoms with E-state index in [9.17, 15) is 4.39 Å². The van der Waals surface area contributed by atoms with Gasteiger partial charge in [0.1, 0.15) is 5.82 Å². The van der Waals surface area contributed by atoms with Gasteiger partial charge in [0.05, 0.1) is 5.02 Å². The van der Waals surface area contributed by atoms with Gasteiger partial charge in [-0.1, -0.05) is 29.8 Å². The Kier molecular flexibility index (Phi) is 4.28. The van der Waals surface area contributed by atoms with Gasteiger partial charge < -0.3 is 5.32 Å². The van der Waals surface area contributed by atoms with Crippen molar-refractivity contribution in [2.45, 2.75) is 19.5 Å². The van der Waals surface area contributed by atoms with Crippen molar-refractivity contribution < 1.29 is 4.39 Å². The van der Waals surface area contributed by atoms with Crippen LogP contribution in [-0.4, -0.2) is 4.98 Å². The molecule has 1 N–H and O–H groups in total. The summed E-state index contributed by atoms with van der Waals surface area (Å²) in [4.78, 5) is 4.07. The first-order valence-electron chi connectivity index (χ1n) is 5.74. The smallest absolute Gasteiger partial charge is 0.142 e. The normalized spacial score (nSPS) is 12.4. The number of benzene rings is 1. The molecule has 0 saturated carbocycles. The van der Waals surface area contributed by atoms with Gasteiger partial charge >= 0.3 is 0 Å². The maximum atomic E-state index is 13.3. The third-order valence-corrected chi connectivity index (χ3v) is 3.24. The highest BCUT2D eigenvalue weighted by molar-refractivity contribution is 6.31. The van der Waals surface area contributed by atoms with Crippen molar-refractivity contribution in [3.05, 3.63) is 64.7 Å². The summed E-state index contributed by atoms with van der Waals surface area (Å²) >= 11 is 5.90. The van der Waals surface area contributed by atoms with Crippen LogP contribution < -0.4 is 5.32 Å². The number of hydrogen-bond acceptors (Lipinski definition) is 2. The molecule has 4 heteroatoms. The highest BCUT2D eigenvalue weighted by Crippen LogP contribution is 2.20. The average molecular weight is 265 g/mol. The zero-order valence-electron chi connectivity index (χ0n) is 10.0. The van der Waals surface area contributed by atoms with Crippen molar-refractivity contribution in [2.24, 2.45) is 0 Å². The highest BCUT2D eigenvalue weighted by atomic mass is 35.5.